The number of hydrogen-bond donors (Lipinski definition) is 2. The van der Waals surface area contributed by atoms with E-state index in [-0.39, 0.29) is 24.2 Å². The lowest BCUT2D eigenvalue weighted by Gasteiger charge is -2.13. The smallest absolute Gasteiger partial charge is 0.226 e. The van der Waals surface area contributed by atoms with Gasteiger partial charge in [-0.1, -0.05) is 50.2 Å². The molecule has 0 bridgehead atoms. The summed E-state index contributed by atoms with van der Waals surface area (Å²) in [5.41, 5.74) is 4.31. The van der Waals surface area contributed by atoms with Gasteiger partial charge in [0.05, 0.1) is 13.1 Å². The van der Waals surface area contributed by atoms with E-state index in [0.717, 1.165) is 36.6 Å². The SMILES string of the molecule is CC(C)C(=O)Nc1ccc(Cc2ccc(C3=NCCN3N)cc2)cc1.Cl. The van der Waals surface area contributed by atoms with Gasteiger partial charge >= 0.3 is 0 Å². The molecular formula is C20H25ClN4O. The Hall–Kier alpha value is -2.37. The standard InChI is InChI=1S/C20H24N4O.ClH/c1-14(2)20(25)23-18-9-5-16(6-10-18)13-15-3-7-17(8-4-15)19-22-11-12-24(19)21;/h3-10,14H,11-13,21H2,1-2H3,(H,23,25);1H. The highest BCUT2D eigenvalue weighted by Crippen LogP contribution is 2.16. The summed E-state index contributed by atoms with van der Waals surface area (Å²) in [6, 6.07) is 16.3. The van der Waals surface area contributed by atoms with E-state index in [1.54, 1.807) is 5.01 Å². The number of nitrogens with two attached hydrogens (primary N) is 1. The van der Waals surface area contributed by atoms with Gasteiger partial charge in [-0.2, -0.15) is 0 Å². The number of nitrogens with one attached hydrogen (secondary N) is 1. The molecule has 0 saturated heterocycles. The van der Waals surface area contributed by atoms with Crippen molar-refractivity contribution in [3.63, 3.8) is 0 Å². The molecule has 0 aromatic heterocycles. The molecule has 0 radical (unpaired) electrons. The molecule has 0 spiro atoms. The topological polar surface area (TPSA) is 70.7 Å². The summed E-state index contributed by atoms with van der Waals surface area (Å²) < 4.78 is 0. The molecule has 2 aromatic carbocycles. The van der Waals surface area contributed by atoms with Gasteiger partial charge in [-0.25, -0.2) is 5.84 Å². The summed E-state index contributed by atoms with van der Waals surface area (Å²) in [5, 5.41) is 4.60. The molecular weight excluding hydrogens is 348 g/mol. The maximum Gasteiger partial charge on any atom is 0.226 e. The van der Waals surface area contributed by atoms with Gasteiger partial charge in [-0.15, -0.1) is 12.4 Å². The quantitative estimate of drug-likeness (QED) is 0.791. The lowest BCUT2D eigenvalue weighted by atomic mass is 10.0. The largest absolute Gasteiger partial charge is 0.326 e. The first-order valence-corrected chi connectivity index (χ1v) is 8.59. The van der Waals surface area contributed by atoms with Gasteiger partial charge < -0.3 is 5.32 Å². The van der Waals surface area contributed by atoms with Gasteiger partial charge in [-0.3, -0.25) is 14.8 Å². The average molecular weight is 373 g/mol. The molecule has 0 atom stereocenters. The zero-order valence-electron chi connectivity index (χ0n) is 15.1. The number of hydrazine groups is 1. The van der Waals surface area contributed by atoms with Crippen molar-refractivity contribution in [1.82, 2.24) is 5.01 Å². The summed E-state index contributed by atoms with van der Waals surface area (Å²) in [7, 11) is 0. The van der Waals surface area contributed by atoms with E-state index in [9.17, 15) is 4.79 Å². The zero-order chi connectivity index (χ0) is 17.8. The molecule has 0 aliphatic carbocycles. The Labute approximate surface area is 160 Å². The van der Waals surface area contributed by atoms with Crippen molar-refractivity contribution in [2.24, 2.45) is 16.8 Å². The fourth-order valence-corrected chi connectivity index (χ4v) is 2.72. The number of carbonyl (C=O) groups excluding carboxylic acids is 1. The van der Waals surface area contributed by atoms with E-state index < -0.39 is 0 Å². The zero-order valence-corrected chi connectivity index (χ0v) is 15.9. The third-order valence-electron chi connectivity index (χ3n) is 4.24. The summed E-state index contributed by atoms with van der Waals surface area (Å²) in [4.78, 5) is 16.1. The van der Waals surface area contributed by atoms with Gasteiger partial charge in [0.25, 0.3) is 0 Å². The van der Waals surface area contributed by atoms with Gasteiger partial charge in [0, 0.05) is 17.2 Å². The summed E-state index contributed by atoms with van der Waals surface area (Å²) >= 11 is 0. The number of amides is 1. The number of aliphatic imine (C=N–C) groups is 1. The fraction of sp³-hybridized carbons (Fsp3) is 0.300. The Kier molecular flexibility index (Phi) is 6.77. The van der Waals surface area contributed by atoms with Crippen LogP contribution >= 0.6 is 12.4 Å². The van der Waals surface area contributed by atoms with E-state index in [1.807, 2.05) is 38.1 Å². The van der Waals surface area contributed by atoms with Gasteiger partial charge in [0.2, 0.25) is 5.91 Å². The minimum Gasteiger partial charge on any atom is -0.326 e. The third-order valence-corrected chi connectivity index (χ3v) is 4.24. The first-order chi connectivity index (χ1) is 12.0. The Bertz CT molecular complexity index is 769. The van der Waals surface area contributed by atoms with E-state index in [0.29, 0.717) is 0 Å². The molecule has 0 unspecified atom stereocenters. The van der Waals surface area contributed by atoms with Crippen molar-refractivity contribution in [2.45, 2.75) is 20.3 Å². The molecule has 138 valence electrons. The molecule has 1 heterocycles. The number of amidine groups is 1. The summed E-state index contributed by atoms with van der Waals surface area (Å²) in [6.45, 7) is 5.30. The molecule has 1 aliphatic rings. The predicted molar refractivity (Wildman–Crippen MR) is 109 cm³/mol. The second-order valence-electron chi connectivity index (χ2n) is 6.61. The Morgan fingerprint density at radius 3 is 2.19 bits per heavy atom. The molecule has 5 nitrogen and oxygen atoms in total. The lowest BCUT2D eigenvalue weighted by Crippen LogP contribution is -2.34. The van der Waals surface area contributed by atoms with Crippen LogP contribution in [0.2, 0.25) is 0 Å². The number of hydrogen-bond acceptors (Lipinski definition) is 4. The maximum absolute atomic E-state index is 11.7. The van der Waals surface area contributed by atoms with Crippen molar-refractivity contribution >= 4 is 29.8 Å². The first-order valence-electron chi connectivity index (χ1n) is 8.59. The van der Waals surface area contributed by atoms with Crippen LogP contribution < -0.4 is 11.2 Å². The Balaban J connectivity index is 0.00000243. The van der Waals surface area contributed by atoms with Crippen LogP contribution in [0.1, 0.15) is 30.5 Å². The van der Waals surface area contributed by atoms with Crippen LogP contribution in [0.5, 0.6) is 0 Å². The van der Waals surface area contributed by atoms with Crippen LogP contribution in [0.4, 0.5) is 5.69 Å². The van der Waals surface area contributed by atoms with E-state index in [2.05, 4.69) is 34.6 Å². The summed E-state index contributed by atoms with van der Waals surface area (Å²) in [6.07, 6.45) is 0.845. The van der Waals surface area contributed by atoms with Crippen molar-refractivity contribution in [3.05, 3.63) is 65.2 Å². The van der Waals surface area contributed by atoms with Crippen LogP contribution in [-0.2, 0) is 11.2 Å². The van der Waals surface area contributed by atoms with Crippen molar-refractivity contribution in [2.75, 3.05) is 18.4 Å². The highest BCUT2D eigenvalue weighted by Gasteiger charge is 2.14. The van der Waals surface area contributed by atoms with Crippen molar-refractivity contribution in [3.8, 4) is 0 Å². The van der Waals surface area contributed by atoms with Crippen LogP contribution in [-0.4, -0.2) is 29.8 Å². The number of carbonyl (C=O) groups is 1. The third kappa shape index (κ3) is 4.84. The van der Waals surface area contributed by atoms with Gasteiger partial charge in [-0.05, 0) is 29.7 Å². The van der Waals surface area contributed by atoms with Gasteiger partial charge in [0.15, 0.2) is 0 Å². The normalized spacial score (nSPS) is 13.4. The lowest BCUT2D eigenvalue weighted by molar-refractivity contribution is -0.118. The van der Waals surface area contributed by atoms with E-state index in [4.69, 9.17) is 5.84 Å². The number of nitrogens with zero attached hydrogens (tertiary/aromatic N) is 2. The van der Waals surface area contributed by atoms with Crippen molar-refractivity contribution < 1.29 is 4.79 Å². The fourth-order valence-electron chi connectivity index (χ4n) is 2.72. The highest BCUT2D eigenvalue weighted by atomic mass is 35.5. The van der Waals surface area contributed by atoms with Crippen LogP contribution in [0.25, 0.3) is 0 Å². The van der Waals surface area contributed by atoms with Crippen LogP contribution in [0.3, 0.4) is 0 Å². The number of benzene rings is 2. The molecule has 3 rings (SSSR count). The van der Waals surface area contributed by atoms with Crippen LogP contribution in [0, 0.1) is 5.92 Å². The minimum absolute atomic E-state index is 0. The average Bonchev–Trinajstić information content (AvgIpc) is 3.03. The first kappa shape index (κ1) is 19.9. The molecule has 1 amide bonds. The second-order valence-corrected chi connectivity index (χ2v) is 6.61. The van der Waals surface area contributed by atoms with E-state index in [1.165, 1.54) is 11.1 Å². The molecule has 3 N–H and O–H groups in total. The molecule has 0 fully saturated rings. The predicted octanol–water partition coefficient (Wildman–Crippen LogP) is 3.23. The summed E-state index contributed by atoms with van der Waals surface area (Å²) in [5.74, 6) is 6.78. The molecule has 6 heteroatoms. The maximum atomic E-state index is 11.7. The molecule has 1 aliphatic heterocycles. The Morgan fingerprint density at radius 1 is 1.12 bits per heavy atom. The number of halogens is 1. The Morgan fingerprint density at radius 2 is 1.69 bits per heavy atom. The molecule has 2 aromatic rings. The number of rotatable bonds is 5. The highest BCUT2D eigenvalue weighted by molar-refractivity contribution is 5.99. The van der Waals surface area contributed by atoms with E-state index >= 15 is 0 Å². The van der Waals surface area contributed by atoms with Crippen LogP contribution in [0.15, 0.2) is 53.5 Å². The minimum atomic E-state index is -0.0212. The van der Waals surface area contributed by atoms with Gasteiger partial charge in [0.1, 0.15) is 5.84 Å². The number of anilines is 1. The molecule has 26 heavy (non-hydrogen) atoms. The second kappa shape index (κ2) is 8.83. The monoisotopic (exact) mass is 372 g/mol. The van der Waals surface area contributed by atoms with Crippen molar-refractivity contribution in [1.29, 1.82) is 0 Å². The molecule has 0 saturated carbocycles.